The molecule has 2 heterocycles. The molecule has 1 aromatic heterocycles. The number of aromatic nitrogens is 3. The van der Waals surface area contributed by atoms with Crippen molar-refractivity contribution in [2.45, 2.75) is 13.0 Å². The third-order valence-electron chi connectivity index (χ3n) is 2.26. The fraction of sp³-hybridized carbons (Fsp3) is 0.625. The molecule has 1 N–H and O–H groups in total. The van der Waals surface area contributed by atoms with Crippen LogP contribution in [0.4, 0.5) is 0 Å². The van der Waals surface area contributed by atoms with Crippen LogP contribution in [0, 0.1) is 0 Å². The Morgan fingerprint density at radius 1 is 1.79 bits per heavy atom. The van der Waals surface area contributed by atoms with E-state index in [0.29, 0.717) is 25.5 Å². The molecule has 76 valence electrons. The molecule has 14 heavy (non-hydrogen) atoms. The van der Waals surface area contributed by atoms with Gasteiger partial charge in [-0.25, -0.2) is 0 Å². The molecule has 0 aromatic carbocycles. The summed E-state index contributed by atoms with van der Waals surface area (Å²) in [5, 5.41) is 9.79. The number of hydrogen-bond acceptors (Lipinski definition) is 4. The highest BCUT2D eigenvalue weighted by atomic mass is 16.5. The Kier molecular flexibility index (Phi) is 2.45. The Hall–Kier alpha value is -1.43. The van der Waals surface area contributed by atoms with Crippen molar-refractivity contribution in [2.75, 3.05) is 19.8 Å². The Bertz CT molecular complexity index is 311. The molecule has 1 fully saturated rings. The van der Waals surface area contributed by atoms with Gasteiger partial charge in [0.05, 0.1) is 25.5 Å². The molecular weight excluding hydrogens is 184 g/mol. The summed E-state index contributed by atoms with van der Waals surface area (Å²) < 4.78 is 5.24. The highest BCUT2D eigenvalue weighted by molar-refractivity contribution is 5.92. The van der Waals surface area contributed by atoms with E-state index in [1.165, 1.54) is 6.20 Å². The highest BCUT2D eigenvalue weighted by Gasteiger charge is 2.25. The lowest BCUT2D eigenvalue weighted by Crippen LogP contribution is -2.47. The number of rotatable bonds is 1. The predicted molar refractivity (Wildman–Crippen MR) is 47.7 cm³/mol. The molecule has 2 rings (SSSR count). The quantitative estimate of drug-likeness (QED) is 0.667. The van der Waals surface area contributed by atoms with Crippen LogP contribution in [0.5, 0.6) is 0 Å². The molecule has 0 saturated carbocycles. The van der Waals surface area contributed by atoms with Crippen molar-refractivity contribution in [3.63, 3.8) is 0 Å². The van der Waals surface area contributed by atoms with E-state index in [-0.39, 0.29) is 11.9 Å². The molecule has 1 amide bonds. The number of carbonyl (C=O) groups excluding carboxylic acids is 1. The molecule has 1 aliphatic rings. The van der Waals surface area contributed by atoms with Crippen molar-refractivity contribution >= 4 is 5.91 Å². The highest BCUT2D eigenvalue weighted by Crippen LogP contribution is 2.09. The molecule has 1 unspecified atom stereocenters. The summed E-state index contributed by atoms with van der Waals surface area (Å²) >= 11 is 0. The van der Waals surface area contributed by atoms with E-state index in [4.69, 9.17) is 4.74 Å². The van der Waals surface area contributed by atoms with E-state index in [2.05, 4.69) is 15.4 Å². The average molecular weight is 196 g/mol. The first-order valence-corrected chi connectivity index (χ1v) is 4.53. The molecule has 1 atom stereocenters. The normalized spacial score (nSPS) is 22.4. The van der Waals surface area contributed by atoms with Crippen molar-refractivity contribution in [1.82, 2.24) is 20.3 Å². The van der Waals surface area contributed by atoms with Gasteiger partial charge in [-0.2, -0.15) is 15.4 Å². The minimum Gasteiger partial charge on any atom is -0.377 e. The third-order valence-corrected chi connectivity index (χ3v) is 2.26. The van der Waals surface area contributed by atoms with E-state index in [9.17, 15) is 4.79 Å². The predicted octanol–water partition coefficient (Wildman–Crippen LogP) is -0.334. The molecule has 0 radical (unpaired) electrons. The first-order valence-electron chi connectivity index (χ1n) is 4.53. The number of nitrogens with zero attached hydrogens (tertiary/aromatic N) is 3. The molecule has 6 nitrogen and oxygen atoms in total. The van der Waals surface area contributed by atoms with Gasteiger partial charge in [-0.1, -0.05) is 0 Å². The monoisotopic (exact) mass is 196 g/mol. The maximum atomic E-state index is 11.8. The van der Waals surface area contributed by atoms with Crippen molar-refractivity contribution in [2.24, 2.45) is 0 Å². The van der Waals surface area contributed by atoms with Crippen LogP contribution in [-0.4, -0.2) is 52.0 Å². The number of carbonyl (C=O) groups is 1. The largest absolute Gasteiger partial charge is 0.377 e. The number of aromatic amines is 1. The maximum Gasteiger partial charge on any atom is 0.276 e. The summed E-state index contributed by atoms with van der Waals surface area (Å²) in [6.07, 6.45) is 1.44. The van der Waals surface area contributed by atoms with Crippen molar-refractivity contribution in [1.29, 1.82) is 0 Å². The minimum absolute atomic E-state index is 0.0884. The fourth-order valence-corrected chi connectivity index (χ4v) is 1.48. The van der Waals surface area contributed by atoms with E-state index in [1.807, 2.05) is 6.92 Å². The zero-order valence-corrected chi connectivity index (χ0v) is 7.93. The topological polar surface area (TPSA) is 71.1 Å². The zero-order valence-electron chi connectivity index (χ0n) is 7.93. The number of H-pyrrole nitrogens is 1. The van der Waals surface area contributed by atoms with Gasteiger partial charge in [0.15, 0.2) is 5.69 Å². The third kappa shape index (κ3) is 1.60. The molecular formula is C8H12N4O2. The standard InChI is InChI=1S/C8H12N4O2/c1-6-5-14-3-2-12(6)8(13)7-4-9-11-10-7/h4,6H,2-3,5H2,1H3,(H,9,10,11). The van der Waals surface area contributed by atoms with Crippen LogP contribution in [-0.2, 0) is 4.74 Å². The fourth-order valence-electron chi connectivity index (χ4n) is 1.48. The van der Waals surface area contributed by atoms with E-state index < -0.39 is 0 Å². The molecule has 1 saturated heterocycles. The van der Waals surface area contributed by atoms with Crippen molar-refractivity contribution < 1.29 is 9.53 Å². The number of nitrogens with one attached hydrogen (secondary N) is 1. The van der Waals surface area contributed by atoms with Gasteiger partial charge in [0.1, 0.15) is 0 Å². The van der Waals surface area contributed by atoms with Gasteiger partial charge in [-0.15, -0.1) is 0 Å². The van der Waals surface area contributed by atoms with Crippen LogP contribution in [0.3, 0.4) is 0 Å². The lowest BCUT2D eigenvalue weighted by Gasteiger charge is -2.32. The van der Waals surface area contributed by atoms with Crippen LogP contribution < -0.4 is 0 Å². The van der Waals surface area contributed by atoms with Crippen LogP contribution in [0.1, 0.15) is 17.4 Å². The summed E-state index contributed by atoms with van der Waals surface area (Å²) in [7, 11) is 0. The smallest absolute Gasteiger partial charge is 0.276 e. The summed E-state index contributed by atoms with van der Waals surface area (Å²) in [5.74, 6) is -0.0884. The molecule has 6 heteroatoms. The van der Waals surface area contributed by atoms with Gasteiger partial charge in [0.2, 0.25) is 0 Å². The van der Waals surface area contributed by atoms with Crippen molar-refractivity contribution in [3.8, 4) is 0 Å². The molecule has 1 aliphatic heterocycles. The van der Waals surface area contributed by atoms with Gasteiger partial charge >= 0.3 is 0 Å². The lowest BCUT2D eigenvalue weighted by molar-refractivity contribution is 0.00327. The zero-order chi connectivity index (χ0) is 9.97. The van der Waals surface area contributed by atoms with E-state index in [1.54, 1.807) is 4.90 Å². The number of ether oxygens (including phenoxy) is 1. The van der Waals surface area contributed by atoms with Crippen LogP contribution in [0.25, 0.3) is 0 Å². The number of hydrogen-bond donors (Lipinski definition) is 1. The molecule has 1 aromatic rings. The second-order valence-electron chi connectivity index (χ2n) is 3.28. The first-order chi connectivity index (χ1) is 6.79. The Balaban J connectivity index is 2.10. The maximum absolute atomic E-state index is 11.8. The molecule has 0 spiro atoms. The Morgan fingerprint density at radius 2 is 2.64 bits per heavy atom. The van der Waals surface area contributed by atoms with E-state index in [0.717, 1.165) is 0 Å². The minimum atomic E-state index is -0.0884. The van der Waals surface area contributed by atoms with Gasteiger partial charge in [0, 0.05) is 6.54 Å². The molecule has 0 bridgehead atoms. The Labute approximate surface area is 81.2 Å². The molecule has 0 aliphatic carbocycles. The summed E-state index contributed by atoms with van der Waals surface area (Å²) in [5.41, 5.74) is 0.360. The van der Waals surface area contributed by atoms with Gasteiger partial charge in [-0.3, -0.25) is 4.79 Å². The second kappa shape index (κ2) is 3.75. The SMILES string of the molecule is CC1COCCN1C(=O)c1cn[nH]n1. The first kappa shape index (κ1) is 9.14. The Morgan fingerprint density at radius 3 is 3.29 bits per heavy atom. The van der Waals surface area contributed by atoms with Crippen LogP contribution in [0.2, 0.25) is 0 Å². The lowest BCUT2D eigenvalue weighted by atomic mass is 10.2. The van der Waals surface area contributed by atoms with Gasteiger partial charge in [-0.05, 0) is 6.92 Å². The van der Waals surface area contributed by atoms with Crippen molar-refractivity contribution in [3.05, 3.63) is 11.9 Å². The van der Waals surface area contributed by atoms with Crippen LogP contribution in [0.15, 0.2) is 6.20 Å². The summed E-state index contributed by atoms with van der Waals surface area (Å²) in [4.78, 5) is 13.6. The van der Waals surface area contributed by atoms with Crippen LogP contribution >= 0.6 is 0 Å². The van der Waals surface area contributed by atoms with Gasteiger partial charge < -0.3 is 9.64 Å². The average Bonchev–Trinajstić information content (AvgIpc) is 2.70. The summed E-state index contributed by atoms with van der Waals surface area (Å²) in [6.45, 7) is 3.75. The summed E-state index contributed by atoms with van der Waals surface area (Å²) in [6, 6.07) is 0.105. The number of amides is 1. The second-order valence-corrected chi connectivity index (χ2v) is 3.28. The number of morpholine rings is 1. The van der Waals surface area contributed by atoms with E-state index >= 15 is 0 Å². The van der Waals surface area contributed by atoms with Gasteiger partial charge in [0.25, 0.3) is 5.91 Å².